The second kappa shape index (κ2) is 11.3. The van der Waals surface area contributed by atoms with Crippen molar-refractivity contribution in [1.82, 2.24) is 10.2 Å². The molecule has 0 N–H and O–H groups in total. The topological polar surface area (TPSA) is 25.8 Å². The Labute approximate surface area is 172 Å². The first kappa shape index (κ1) is 21.0. The van der Waals surface area contributed by atoms with Gasteiger partial charge in [0.1, 0.15) is 0 Å². The van der Waals surface area contributed by atoms with Crippen molar-refractivity contribution in [2.45, 2.75) is 90.9 Å². The largest absolute Gasteiger partial charge is 0.155 e. The molecular weight excluding hydrogens is 340 g/mol. The third-order valence-electron chi connectivity index (χ3n) is 6.51. The molecule has 0 saturated heterocycles. The highest BCUT2D eigenvalue weighted by molar-refractivity contribution is 5.58. The van der Waals surface area contributed by atoms with Crippen LogP contribution in [0, 0.1) is 11.8 Å². The predicted molar refractivity (Wildman–Crippen MR) is 119 cm³/mol. The van der Waals surface area contributed by atoms with E-state index in [1.807, 2.05) is 0 Å². The van der Waals surface area contributed by atoms with Crippen LogP contribution in [0.2, 0.25) is 0 Å². The predicted octanol–water partition coefficient (Wildman–Crippen LogP) is 7.42. The van der Waals surface area contributed by atoms with E-state index in [0.29, 0.717) is 0 Å². The Bertz CT molecular complexity index is 667. The van der Waals surface area contributed by atoms with Crippen LogP contribution in [0.15, 0.2) is 36.4 Å². The molecule has 1 aromatic carbocycles. The average Bonchev–Trinajstić information content (AvgIpc) is 2.75. The maximum absolute atomic E-state index is 4.45. The van der Waals surface area contributed by atoms with E-state index in [4.69, 9.17) is 0 Å². The van der Waals surface area contributed by atoms with Gasteiger partial charge in [-0.25, -0.2) is 0 Å². The third kappa shape index (κ3) is 6.43. The number of hydrogen-bond donors (Lipinski definition) is 0. The molecule has 1 aromatic heterocycles. The number of unbranched alkanes of at least 4 members (excludes halogenated alkanes) is 2. The van der Waals surface area contributed by atoms with Crippen LogP contribution < -0.4 is 0 Å². The minimum atomic E-state index is 0.943. The lowest BCUT2D eigenvalue weighted by Crippen LogP contribution is -2.15. The van der Waals surface area contributed by atoms with Gasteiger partial charge >= 0.3 is 0 Å². The summed E-state index contributed by atoms with van der Waals surface area (Å²) >= 11 is 0. The van der Waals surface area contributed by atoms with Gasteiger partial charge < -0.3 is 0 Å². The van der Waals surface area contributed by atoms with E-state index in [-0.39, 0.29) is 0 Å². The number of rotatable bonds is 10. The number of hydrogen-bond acceptors (Lipinski definition) is 2. The zero-order chi connectivity index (χ0) is 19.6. The molecule has 2 nitrogen and oxygen atoms in total. The van der Waals surface area contributed by atoms with Crippen LogP contribution in [0.5, 0.6) is 0 Å². The molecule has 3 rings (SSSR count). The minimum Gasteiger partial charge on any atom is -0.155 e. The van der Waals surface area contributed by atoms with Gasteiger partial charge in [0.05, 0.1) is 11.4 Å². The summed E-state index contributed by atoms with van der Waals surface area (Å²) in [5.41, 5.74) is 4.74. The molecule has 2 aromatic rings. The molecule has 1 aliphatic rings. The van der Waals surface area contributed by atoms with Gasteiger partial charge in [-0.15, -0.1) is 0 Å². The third-order valence-corrected chi connectivity index (χ3v) is 6.51. The maximum Gasteiger partial charge on any atom is 0.0929 e. The molecule has 152 valence electrons. The van der Waals surface area contributed by atoms with E-state index < -0.39 is 0 Å². The normalized spacial score (nSPS) is 19.6. The Morgan fingerprint density at radius 3 is 2.04 bits per heavy atom. The average molecular weight is 379 g/mol. The summed E-state index contributed by atoms with van der Waals surface area (Å²) in [6.45, 7) is 4.56. The Hall–Kier alpha value is -1.70. The lowest BCUT2D eigenvalue weighted by atomic mass is 9.78. The van der Waals surface area contributed by atoms with E-state index in [1.165, 1.54) is 81.8 Å². The highest BCUT2D eigenvalue weighted by Crippen LogP contribution is 2.33. The SMILES string of the molecule is CCCCCc1ccc(-c2ccc(CC[C@H]3CC[C@H](CCC)CC3)cc2)nn1. The molecule has 0 atom stereocenters. The van der Waals surface area contributed by atoms with E-state index in [2.05, 4.69) is 60.4 Å². The van der Waals surface area contributed by atoms with Crippen molar-refractivity contribution in [3.63, 3.8) is 0 Å². The van der Waals surface area contributed by atoms with Crippen LogP contribution in [0.25, 0.3) is 11.3 Å². The molecule has 28 heavy (non-hydrogen) atoms. The molecule has 0 spiro atoms. The van der Waals surface area contributed by atoms with Crippen molar-refractivity contribution in [2.75, 3.05) is 0 Å². The number of nitrogens with zero attached hydrogens (tertiary/aromatic N) is 2. The molecule has 1 heterocycles. The summed E-state index contributed by atoms with van der Waals surface area (Å²) in [4.78, 5) is 0. The van der Waals surface area contributed by atoms with Gasteiger partial charge in [0.2, 0.25) is 0 Å². The maximum atomic E-state index is 4.45. The molecule has 0 radical (unpaired) electrons. The van der Waals surface area contributed by atoms with E-state index in [9.17, 15) is 0 Å². The van der Waals surface area contributed by atoms with Gasteiger partial charge in [-0.1, -0.05) is 89.5 Å². The summed E-state index contributed by atoms with van der Waals surface area (Å²) in [5.74, 6) is 1.96. The van der Waals surface area contributed by atoms with Crippen LogP contribution in [0.1, 0.15) is 89.3 Å². The second-order valence-electron chi connectivity index (χ2n) is 8.78. The van der Waals surface area contributed by atoms with Gasteiger partial charge in [0.25, 0.3) is 0 Å². The van der Waals surface area contributed by atoms with Crippen LogP contribution in [-0.4, -0.2) is 10.2 Å². The molecule has 0 unspecified atom stereocenters. The summed E-state index contributed by atoms with van der Waals surface area (Å²) in [5, 5.41) is 8.86. The van der Waals surface area contributed by atoms with Gasteiger partial charge in [0.15, 0.2) is 0 Å². The van der Waals surface area contributed by atoms with Crippen molar-refractivity contribution >= 4 is 0 Å². The number of aromatic nitrogens is 2. The zero-order valence-corrected chi connectivity index (χ0v) is 18.0. The van der Waals surface area contributed by atoms with Crippen LogP contribution in [-0.2, 0) is 12.8 Å². The molecule has 2 heteroatoms. The lowest BCUT2D eigenvalue weighted by Gasteiger charge is -2.28. The monoisotopic (exact) mass is 378 g/mol. The van der Waals surface area contributed by atoms with Gasteiger partial charge in [-0.05, 0) is 55.2 Å². The molecule has 1 fully saturated rings. The van der Waals surface area contributed by atoms with E-state index in [1.54, 1.807) is 0 Å². The highest BCUT2D eigenvalue weighted by Gasteiger charge is 2.20. The molecule has 1 aliphatic carbocycles. The van der Waals surface area contributed by atoms with E-state index >= 15 is 0 Å². The molecule has 1 saturated carbocycles. The van der Waals surface area contributed by atoms with Crippen molar-refractivity contribution in [3.05, 3.63) is 47.7 Å². The molecule has 0 bridgehead atoms. The summed E-state index contributed by atoms with van der Waals surface area (Å²) < 4.78 is 0. The second-order valence-corrected chi connectivity index (χ2v) is 8.78. The Balaban J connectivity index is 1.46. The molecule has 0 amide bonds. The first-order valence-corrected chi connectivity index (χ1v) is 11.7. The first-order valence-electron chi connectivity index (χ1n) is 11.7. The number of aryl methyl sites for hydroxylation is 2. The van der Waals surface area contributed by atoms with Gasteiger partial charge in [0, 0.05) is 5.56 Å². The zero-order valence-electron chi connectivity index (χ0n) is 18.0. The summed E-state index contributed by atoms with van der Waals surface area (Å²) in [7, 11) is 0. The quantitative estimate of drug-likeness (QED) is 0.402. The van der Waals surface area contributed by atoms with Crippen LogP contribution in [0.3, 0.4) is 0 Å². The lowest BCUT2D eigenvalue weighted by molar-refractivity contribution is 0.252. The van der Waals surface area contributed by atoms with Gasteiger partial charge in [-0.2, -0.15) is 10.2 Å². The Morgan fingerprint density at radius 2 is 1.43 bits per heavy atom. The molecular formula is C26H38N2. The van der Waals surface area contributed by atoms with Crippen molar-refractivity contribution in [3.8, 4) is 11.3 Å². The Kier molecular flexibility index (Phi) is 8.51. The Morgan fingerprint density at radius 1 is 0.714 bits per heavy atom. The standard InChI is InChI=1S/C26H38N2/c1-3-5-6-8-25-19-20-26(28-27-25)24-17-15-23(16-18-24)14-13-22-11-9-21(7-4-2)10-12-22/h15-22H,3-14H2,1-2H3/t21-,22-. The van der Waals surface area contributed by atoms with Crippen molar-refractivity contribution in [1.29, 1.82) is 0 Å². The highest BCUT2D eigenvalue weighted by atomic mass is 15.1. The fourth-order valence-electron chi connectivity index (χ4n) is 4.63. The van der Waals surface area contributed by atoms with Crippen LogP contribution >= 0.6 is 0 Å². The van der Waals surface area contributed by atoms with Crippen LogP contribution in [0.4, 0.5) is 0 Å². The molecule has 0 aliphatic heterocycles. The smallest absolute Gasteiger partial charge is 0.0929 e. The fourth-order valence-corrected chi connectivity index (χ4v) is 4.63. The summed E-state index contributed by atoms with van der Waals surface area (Å²) in [6.07, 6.45) is 15.9. The first-order chi connectivity index (χ1) is 13.8. The van der Waals surface area contributed by atoms with Crippen molar-refractivity contribution < 1.29 is 0 Å². The summed E-state index contributed by atoms with van der Waals surface area (Å²) in [6, 6.07) is 13.3. The fraction of sp³-hybridized carbons (Fsp3) is 0.615. The minimum absolute atomic E-state index is 0.943. The van der Waals surface area contributed by atoms with E-state index in [0.717, 1.165) is 29.6 Å². The van der Waals surface area contributed by atoms with Gasteiger partial charge in [-0.3, -0.25) is 0 Å². The number of benzene rings is 1. The van der Waals surface area contributed by atoms with Crippen molar-refractivity contribution in [2.24, 2.45) is 11.8 Å².